The van der Waals surface area contributed by atoms with Crippen molar-refractivity contribution in [1.82, 2.24) is 14.5 Å². The molecule has 1 aliphatic carbocycles. The van der Waals surface area contributed by atoms with E-state index in [0.29, 0.717) is 0 Å². The second-order valence-corrected chi connectivity index (χ2v) is 4.16. The van der Waals surface area contributed by atoms with Crippen LogP contribution in [0, 0.1) is 0 Å². The summed E-state index contributed by atoms with van der Waals surface area (Å²) in [6.07, 6.45) is 5.58. The Morgan fingerprint density at radius 1 is 1.64 bits per heavy atom. The van der Waals surface area contributed by atoms with Gasteiger partial charge in [-0.1, -0.05) is 0 Å². The van der Waals surface area contributed by atoms with Crippen LogP contribution in [0.1, 0.15) is 21.2 Å². The average molecular weight is 191 g/mol. The van der Waals surface area contributed by atoms with Crippen LogP contribution in [0.25, 0.3) is 11.0 Å². The standard InChI is InChI=1S/C10H11N3O.H2/c1-10(3-4-10)13-8-2-5-11-6-7(8)12-9(13)14;/h2,5-6H,3-4H2,1H3,(H,12,14);1H. The normalized spacial score (nSPS) is 18.6. The molecule has 74 valence electrons. The molecular formula is C10H13N3O. The van der Waals surface area contributed by atoms with E-state index in [9.17, 15) is 4.79 Å². The number of hydrogen-bond acceptors (Lipinski definition) is 2. The van der Waals surface area contributed by atoms with Gasteiger partial charge in [0.05, 0.1) is 17.2 Å². The Hall–Kier alpha value is -1.58. The van der Waals surface area contributed by atoms with Crippen LogP contribution in [-0.2, 0) is 5.54 Å². The van der Waals surface area contributed by atoms with Crippen molar-refractivity contribution in [1.29, 1.82) is 0 Å². The lowest BCUT2D eigenvalue weighted by molar-refractivity contribution is 0.531. The van der Waals surface area contributed by atoms with E-state index in [1.54, 1.807) is 12.4 Å². The van der Waals surface area contributed by atoms with E-state index < -0.39 is 0 Å². The molecule has 0 bridgehead atoms. The van der Waals surface area contributed by atoms with Crippen molar-refractivity contribution in [2.24, 2.45) is 0 Å². The predicted octanol–water partition coefficient (Wildman–Crippen LogP) is 1.48. The van der Waals surface area contributed by atoms with Crippen LogP contribution in [0.2, 0.25) is 0 Å². The van der Waals surface area contributed by atoms with Crippen molar-refractivity contribution < 1.29 is 1.43 Å². The molecular weight excluding hydrogens is 178 g/mol. The van der Waals surface area contributed by atoms with Crippen LogP contribution in [0.4, 0.5) is 0 Å². The fraction of sp³-hybridized carbons (Fsp3) is 0.400. The van der Waals surface area contributed by atoms with Gasteiger partial charge in [0.1, 0.15) is 0 Å². The summed E-state index contributed by atoms with van der Waals surface area (Å²) in [4.78, 5) is 18.5. The molecule has 4 heteroatoms. The van der Waals surface area contributed by atoms with Crippen LogP contribution in [0.15, 0.2) is 23.3 Å². The summed E-state index contributed by atoms with van der Waals surface area (Å²) in [7, 11) is 0. The first kappa shape index (κ1) is 7.79. The van der Waals surface area contributed by atoms with E-state index >= 15 is 0 Å². The minimum absolute atomic E-state index is 0. The van der Waals surface area contributed by atoms with E-state index in [2.05, 4.69) is 16.9 Å². The monoisotopic (exact) mass is 191 g/mol. The molecule has 3 rings (SSSR count). The maximum atomic E-state index is 11.7. The summed E-state index contributed by atoms with van der Waals surface area (Å²) in [5.41, 5.74) is 1.81. The number of aromatic amines is 1. The van der Waals surface area contributed by atoms with Crippen molar-refractivity contribution in [3.8, 4) is 0 Å². The number of imidazole rings is 1. The number of pyridine rings is 1. The predicted molar refractivity (Wildman–Crippen MR) is 55.3 cm³/mol. The number of nitrogens with zero attached hydrogens (tertiary/aromatic N) is 2. The van der Waals surface area contributed by atoms with E-state index in [1.165, 1.54) is 0 Å². The van der Waals surface area contributed by atoms with Gasteiger partial charge in [0.25, 0.3) is 0 Å². The highest BCUT2D eigenvalue weighted by atomic mass is 16.1. The van der Waals surface area contributed by atoms with Gasteiger partial charge in [0.15, 0.2) is 0 Å². The first-order valence-corrected chi connectivity index (χ1v) is 4.76. The van der Waals surface area contributed by atoms with Gasteiger partial charge >= 0.3 is 5.69 Å². The van der Waals surface area contributed by atoms with Gasteiger partial charge in [-0.2, -0.15) is 0 Å². The number of rotatable bonds is 1. The van der Waals surface area contributed by atoms with Crippen molar-refractivity contribution in [2.75, 3.05) is 0 Å². The molecule has 0 spiro atoms. The molecule has 2 heterocycles. The molecule has 4 nitrogen and oxygen atoms in total. The summed E-state index contributed by atoms with van der Waals surface area (Å²) in [6, 6.07) is 1.89. The van der Waals surface area contributed by atoms with E-state index in [1.807, 2.05) is 10.6 Å². The van der Waals surface area contributed by atoms with Crippen LogP contribution in [0.3, 0.4) is 0 Å². The Bertz CT molecular complexity index is 553. The Balaban J connectivity index is 0.000000853. The third-order valence-electron chi connectivity index (χ3n) is 3.00. The lowest BCUT2D eigenvalue weighted by atomic mass is 10.3. The second kappa shape index (κ2) is 2.26. The molecule has 0 amide bonds. The third-order valence-corrected chi connectivity index (χ3v) is 3.00. The number of hydrogen-bond donors (Lipinski definition) is 1. The molecule has 0 saturated heterocycles. The number of H-pyrrole nitrogens is 1. The summed E-state index contributed by atoms with van der Waals surface area (Å²) in [5, 5.41) is 0. The Morgan fingerprint density at radius 2 is 2.43 bits per heavy atom. The largest absolute Gasteiger partial charge is 0.327 e. The van der Waals surface area contributed by atoms with Gasteiger partial charge in [-0.15, -0.1) is 0 Å². The Kier molecular flexibility index (Phi) is 1.26. The smallest absolute Gasteiger partial charge is 0.304 e. The van der Waals surface area contributed by atoms with Gasteiger partial charge in [-0.3, -0.25) is 9.55 Å². The van der Waals surface area contributed by atoms with Gasteiger partial charge in [0, 0.05) is 13.2 Å². The fourth-order valence-electron chi connectivity index (χ4n) is 1.90. The molecule has 2 aromatic rings. The van der Waals surface area contributed by atoms with E-state index in [4.69, 9.17) is 0 Å². The number of aromatic nitrogens is 3. The van der Waals surface area contributed by atoms with Crippen molar-refractivity contribution >= 4 is 11.0 Å². The van der Waals surface area contributed by atoms with Gasteiger partial charge < -0.3 is 4.98 Å². The highest BCUT2D eigenvalue weighted by molar-refractivity contribution is 5.74. The summed E-state index contributed by atoms with van der Waals surface area (Å²) < 4.78 is 1.85. The quantitative estimate of drug-likeness (QED) is 0.742. The molecule has 0 atom stereocenters. The average Bonchev–Trinajstić information content (AvgIpc) is 2.79. The zero-order valence-corrected chi connectivity index (χ0v) is 7.95. The topological polar surface area (TPSA) is 50.7 Å². The van der Waals surface area contributed by atoms with E-state index in [0.717, 1.165) is 23.9 Å². The van der Waals surface area contributed by atoms with Gasteiger partial charge in [-0.05, 0) is 25.8 Å². The highest BCUT2D eigenvalue weighted by Crippen LogP contribution is 2.43. The Labute approximate surface area is 82.1 Å². The maximum absolute atomic E-state index is 11.7. The van der Waals surface area contributed by atoms with Gasteiger partial charge in [-0.25, -0.2) is 4.79 Å². The van der Waals surface area contributed by atoms with Crippen molar-refractivity contribution in [2.45, 2.75) is 25.3 Å². The van der Waals surface area contributed by atoms with Crippen LogP contribution < -0.4 is 5.69 Å². The molecule has 0 aromatic carbocycles. The molecule has 1 aliphatic rings. The summed E-state index contributed by atoms with van der Waals surface area (Å²) >= 11 is 0. The summed E-state index contributed by atoms with van der Waals surface area (Å²) in [5.74, 6) is 0. The highest BCUT2D eigenvalue weighted by Gasteiger charge is 2.41. The molecule has 1 N–H and O–H groups in total. The molecule has 1 saturated carbocycles. The van der Waals surface area contributed by atoms with Gasteiger partial charge in [0.2, 0.25) is 0 Å². The first-order valence-electron chi connectivity index (χ1n) is 4.76. The molecule has 1 fully saturated rings. The molecule has 0 radical (unpaired) electrons. The molecule has 0 aliphatic heterocycles. The van der Waals surface area contributed by atoms with Crippen LogP contribution in [0.5, 0.6) is 0 Å². The van der Waals surface area contributed by atoms with Crippen LogP contribution in [-0.4, -0.2) is 14.5 Å². The van der Waals surface area contributed by atoms with E-state index in [-0.39, 0.29) is 12.7 Å². The zero-order chi connectivity index (χ0) is 9.76. The number of fused-ring (bicyclic) bond motifs is 1. The fourth-order valence-corrected chi connectivity index (χ4v) is 1.90. The minimum atomic E-state index is -0.0204. The minimum Gasteiger partial charge on any atom is -0.304 e. The molecule has 14 heavy (non-hydrogen) atoms. The summed E-state index contributed by atoms with van der Waals surface area (Å²) in [6.45, 7) is 2.11. The SMILES string of the molecule is CC1(n2c(=O)[nH]c3cnccc32)CC1.[HH]. The molecule has 2 aromatic heterocycles. The third kappa shape index (κ3) is 0.880. The first-order chi connectivity index (χ1) is 6.71. The second-order valence-electron chi connectivity index (χ2n) is 4.16. The van der Waals surface area contributed by atoms with Crippen LogP contribution >= 0.6 is 0 Å². The van der Waals surface area contributed by atoms with Crippen molar-refractivity contribution in [3.05, 3.63) is 28.9 Å². The lowest BCUT2D eigenvalue weighted by Crippen LogP contribution is -2.25. The Morgan fingerprint density at radius 3 is 3.14 bits per heavy atom. The zero-order valence-electron chi connectivity index (χ0n) is 7.95. The molecule has 0 unspecified atom stereocenters. The lowest BCUT2D eigenvalue weighted by Gasteiger charge is -2.09. The number of nitrogens with one attached hydrogen (secondary N) is 1. The van der Waals surface area contributed by atoms with Crippen molar-refractivity contribution in [3.63, 3.8) is 0 Å². The maximum Gasteiger partial charge on any atom is 0.327 e.